The fourth-order valence-corrected chi connectivity index (χ4v) is 4.20. The number of benzene rings is 2. The number of nitrogens with zero attached hydrogens (tertiary/aromatic N) is 3. The van der Waals surface area contributed by atoms with Crippen LogP contribution >= 0.6 is 23.2 Å². The number of unbranched alkanes of at least 4 members (excludes halogenated alkanes) is 5. The molecule has 0 fully saturated rings. The van der Waals surface area contributed by atoms with Gasteiger partial charge in [-0.2, -0.15) is 9.88 Å². The molecule has 177 valence electrons. The van der Waals surface area contributed by atoms with Crippen LogP contribution in [0.5, 0.6) is 0 Å². The van der Waals surface area contributed by atoms with Crippen LogP contribution in [0.15, 0.2) is 47.0 Å². The van der Waals surface area contributed by atoms with Crippen LogP contribution in [0.3, 0.4) is 0 Å². The third kappa shape index (κ3) is 8.44. The molecule has 0 atom stereocenters. The zero-order chi connectivity index (χ0) is 23.5. The fraction of sp³-hybridized carbons (Fsp3) is 0.481. The van der Waals surface area contributed by atoms with Crippen LogP contribution in [0.2, 0.25) is 10.0 Å². The minimum atomic E-state index is 0.601. The summed E-state index contributed by atoms with van der Waals surface area (Å²) in [4.78, 5) is 7.01. The Labute approximate surface area is 208 Å². The largest absolute Gasteiger partial charge is 0.334 e. The van der Waals surface area contributed by atoms with Gasteiger partial charge in [0.2, 0.25) is 0 Å². The second-order valence-electron chi connectivity index (χ2n) is 8.60. The summed E-state index contributed by atoms with van der Waals surface area (Å²) >= 11 is 12.2. The molecule has 0 bridgehead atoms. The number of hydrogen-bond donors (Lipinski definition) is 0. The van der Waals surface area contributed by atoms with Gasteiger partial charge in [0.05, 0.1) is 10.0 Å². The summed E-state index contributed by atoms with van der Waals surface area (Å²) in [5.41, 5.74) is 3.44. The molecule has 2 aromatic carbocycles. The SMILES string of the molecule is CCCCCCCCc1noc(-c2ccc(C[N+](CC)CCc3ccc(Cl)c(Cl)c3)cc2)n1. The van der Waals surface area contributed by atoms with E-state index in [0.29, 0.717) is 15.9 Å². The second kappa shape index (κ2) is 13.7. The van der Waals surface area contributed by atoms with Crippen LogP contribution in [0.25, 0.3) is 11.5 Å². The smallest absolute Gasteiger partial charge is 0.257 e. The number of aryl methyl sites for hydroxylation is 1. The van der Waals surface area contributed by atoms with Crippen molar-refractivity contribution in [3.63, 3.8) is 0 Å². The second-order valence-corrected chi connectivity index (χ2v) is 9.41. The molecule has 1 aromatic heterocycles. The lowest BCUT2D eigenvalue weighted by Crippen LogP contribution is -2.31. The van der Waals surface area contributed by atoms with Crippen LogP contribution < -0.4 is 4.90 Å². The van der Waals surface area contributed by atoms with Crippen LogP contribution in [0.4, 0.5) is 0 Å². The van der Waals surface area contributed by atoms with Crippen molar-refractivity contribution in [1.29, 1.82) is 0 Å². The van der Waals surface area contributed by atoms with Crippen molar-refractivity contribution in [2.75, 3.05) is 13.1 Å². The van der Waals surface area contributed by atoms with Crippen LogP contribution in [-0.4, -0.2) is 23.2 Å². The Morgan fingerprint density at radius 3 is 2.27 bits per heavy atom. The molecule has 0 spiro atoms. The van der Waals surface area contributed by atoms with E-state index in [1.54, 1.807) is 0 Å². The van der Waals surface area contributed by atoms with Gasteiger partial charge in [0.25, 0.3) is 5.89 Å². The zero-order valence-electron chi connectivity index (χ0n) is 19.8. The van der Waals surface area contributed by atoms with Gasteiger partial charge in [-0.3, -0.25) is 0 Å². The van der Waals surface area contributed by atoms with Gasteiger partial charge >= 0.3 is 0 Å². The molecule has 0 aliphatic rings. The number of likely N-dealkylation sites (N-methyl/N-ethyl adjacent to an activating group) is 1. The molecule has 3 rings (SSSR count). The maximum atomic E-state index is 6.14. The minimum absolute atomic E-state index is 0.601. The number of hydrogen-bond acceptors (Lipinski definition) is 4. The van der Waals surface area contributed by atoms with Crippen molar-refractivity contribution in [1.82, 2.24) is 15.0 Å². The molecule has 33 heavy (non-hydrogen) atoms. The molecule has 0 aliphatic heterocycles. The average molecular weight is 489 g/mol. The summed E-state index contributed by atoms with van der Waals surface area (Å²) in [7, 11) is 0. The quantitative estimate of drug-likeness (QED) is 0.171. The molecule has 0 N–H and O–H groups in total. The highest BCUT2D eigenvalue weighted by Gasteiger charge is 2.15. The van der Waals surface area contributed by atoms with Gasteiger partial charge < -0.3 is 4.52 Å². The fourth-order valence-electron chi connectivity index (χ4n) is 3.88. The van der Waals surface area contributed by atoms with Crippen molar-refractivity contribution in [2.45, 2.75) is 71.8 Å². The van der Waals surface area contributed by atoms with Crippen molar-refractivity contribution >= 4 is 23.2 Å². The summed E-state index contributed by atoms with van der Waals surface area (Å²) < 4.78 is 5.50. The van der Waals surface area contributed by atoms with E-state index in [9.17, 15) is 0 Å². The first kappa shape index (κ1) is 25.7. The van der Waals surface area contributed by atoms with Crippen LogP contribution in [-0.2, 0) is 19.4 Å². The van der Waals surface area contributed by atoms with Gasteiger partial charge in [-0.05, 0) is 43.2 Å². The lowest BCUT2D eigenvalue weighted by Gasteiger charge is -2.11. The third-order valence-corrected chi connectivity index (χ3v) is 6.72. The van der Waals surface area contributed by atoms with Gasteiger partial charge in [0.1, 0.15) is 19.6 Å². The van der Waals surface area contributed by atoms with E-state index in [0.717, 1.165) is 50.3 Å². The molecule has 0 aliphatic carbocycles. The Balaban J connectivity index is 1.47. The Morgan fingerprint density at radius 1 is 0.818 bits per heavy atom. The molecule has 0 unspecified atom stereocenters. The highest BCUT2D eigenvalue weighted by Crippen LogP contribution is 2.23. The molecule has 1 heterocycles. The number of halogens is 2. The molecule has 0 saturated heterocycles. The maximum absolute atomic E-state index is 6.14. The first-order valence-corrected chi connectivity index (χ1v) is 12.9. The Bertz CT molecular complexity index is 972. The topological polar surface area (TPSA) is 44.8 Å². The summed E-state index contributed by atoms with van der Waals surface area (Å²) in [6.45, 7) is 7.27. The Morgan fingerprint density at radius 2 is 1.55 bits per heavy atom. The predicted molar refractivity (Wildman–Crippen MR) is 138 cm³/mol. The van der Waals surface area contributed by atoms with E-state index >= 15 is 0 Å². The van der Waals surface area contributed by atoms with Crippen molar-refractivity contribution in [3.05, 3.63) is 69.5 Å². The van der Waals surface area contributed by atoms with Crippen LogP contribution in [0, 0.1) is 0 Å². The summed E-state index contributed by atoms with van der Waals surface area (Å²) in [5, 5.41) is 5.38. The van der Waals surface area contributed by atoms with Crippen molar-refractivity contribution < 1.29 is 4.52 Å². The highest BCUT2D eigenvalue weighted by atomic mass is 35.5. The molecule has 0 amide bonds. The number of aromatic nitrogens is 2. The predicted octanol–water partition coefficient (Wildman–Crippen LogP) is 7.85. The molecule has 4 nitrogen and oxygen atoms in total. The summed E-state index contributed by atoms with van der Waals surface area (Å²) in [6, 6.07) is 14.3. The van der Waals surface area contributed by atoms with E-state index in [2.05, 4.69) is 53.2 Å². The van der Waals surface area contributed by atoms with Gasteiger partial charge in [-0.15, -0.1) is 0 Å². The Hall–Kier alpha value is -1.88. The van der Waals surface area contributed by atoms with Gasteiger partial charge in [0, 0.05) is 24.0 Å². The first-order chi connectivity index (χ1) is 16.1. The molecule has 1 radical (unpaired) electrons. The van der Waals surface area contributed by atoms with E-state index in [-0.39, 0.29) is 0 Å². The van der Waals surface area contributed by atoms with Crippen LogP contribution in [0.1, 0.15) is 69.3 Å². The molecule has 3 aromatic rings. The Kier molecular flexibility index (Phi) is 10.7. The zero-order valence-corrected chi connectivity index (χ0v) is 21.3. The van der Waals surface area contributed by atoms with Gasteiger partial charge in [-0.1, -0.05) is 85.6 Å². The maximum Gasteiger partial charge on any atom is 0.257 e. The van der Waals surface area contributed by atoms with Gasteiger partial charge in [-0.25, -0.2) is 0 Å². The molecule has 0 saturated carbocycles. The molecular formula is C27H35Cl2N3O+. The average Bonchev–Trinajstić information content (AvgIpc) is 3.30. The third-order valence-electron chi connectivity index (χ3n) is 5.98. The molecular weight excluding hydrogens is 453 g/mol. The summed E-state index contributed by atoms with van der Waals surface area (Å²) in [6.07, 6.45) is 9.41. The lowest BCUT2D eigenvalue weighted by atomic mass is 10.1. The van der Waals surface area contributed by atoms with E-state index < -0.39 is 0 Å². The van der Waals surface area contributed by atoms with Crippen molar-refractivity contribution in [2.24, 2.45) is 0 Å². The van der Waals surface area contributed by atoms with E-state index in [1.165, 1.54) is 43.2 Å². The van der Waals surface area contributed by atoms with Gasteiger partial charge in [0.15, 0.2) is 5.82 Å². The lowest BCUT2D eigenvalue weighted by molar-refractivity contribution is 0.420. The monoisotopic (exact) mass is 487 g/mol. The molecule has 6 heteroatoms. The minimum Gasteiger partial charge on any atom is -0.334 e. The summed E-state index contributed by atoms with van der Waals surface area (Å²) in [5.74, 6) is 1.42. The number of rotatable bonds is 14. The van der Waals surface area contributed by atoms with Crippen molar-refractivity contribution in [3.8, 4) is 11.5 Å². The normalized spacial score (nSPS) is 11.4. The standard InChI is InChI=1S/C27H35Cl2N3O/c1-3-5-6-7-8-9-10-26-30-27(33-31-26)23-14-11-22(12-15-23)20-32(4-2)18-17-21-13-16-24(28)25(29)19-21/h11-16,19H,3-10,17-18,20H2,1-2H3/q+1. The highest BCUT2D eigenvalue weighted by molar-refractivity contribution is 6.42. The van der Waals surface area contributed by atoms with E-state index in [1.807, 2.05) is 18.2 Å². The van der Waals surface area contributed by atoms with E-state index in [4.69, 9.17) is 27.7 Å². The first-order valence-electron chi connectivity index (χ1n) is 12.2.